The summed E-state index contributed by atoms with van der Waals surface area (Å²) in [7, 11) is 2.21. The van der Waals surface area contributed by atoms with Gasteiger partial charge in [0.1, 0.15) is 7.05 Å². The van der Waals surface area contributed by atoms with Crippen molar-refractivity contribution in [1.82, 2.24) is 4.98 Å². The Hall–Kier alpha value is -3.78. The SMILES string of the molecule is Cc1ccc2c(n1)Cc1c-2ccc(C)c1-c1cc2c3c(cccc3[n+]1C)-c1ccccc1-2. The number of fused-ring (bicyclic) bond motifs is 6. The summed E-state index contributed by atoms with van der Waals surface area (Å²) >= 11 is 0. The molecule has 0 N–H and O–H groups in total. The highest BCUT2D eigenvalue weighted by Gasteiger charge is 2.31. The average Bonchev–Trinajstić information content (AvgIpc) is 3.32. The van der Waals surface area contributed by atoms with E-state index >= 15 is 0 Å². The lowest BCUT2D eigenvalue weighted by molar-refractivity contribution is -0.633. The number of rotatable bonds is 1. The van der Waals surface area contributed by atoms with Gasteiger partial charge in [-0.3, -0.25) is 4.98 Å². The van der Waals surface area contributed by atoms with Crippen LogP contribution in [0.5, 0.6) is 0 Å². The van der Waals surface area contributed by atoms with Gasteiger partial charge in [0.2, 0.25) is 11.2 Å². The van der Waals surface area contributed by atoms with Crippen LogP contribution in [0.15, 0.2) is 72.8 Å². The Kier molecular flexibility index (Phi) is 3.42. The van der Waals surface area contributed by atoms with Crippen molar-refractivity contribution < 1.29 is 4.57 Å². The van der Waals surface area contributed by atoms with Crippen molar-refractivity contribution in [3.8, 4) is 44.6 Å². The van der Waals surface area contributed by atoms with Crippen LogP contribution in [0.1, 0.15) is 22.5 Å². The summed E-state index contributed by atoms with van der Waals surface area (Å²) in [5.41, 5.74) is 16.9. The molecule has 0 unspecified atom stereocenters. The molecule has 152 valence electrons. The number of hydrogen-bond donors (Lipinski definition) is 0. The second-order valence-corrected chi connectivity index (χ2v) is 9.15. The lowest BCUT2D eigenvalue weighted by atomic mass is 9.92. The minimum atomic E-state index is 0.896. The Morgan fingerprint density at radius 2 is 1.47 bits per heavy atom. The van der Waals surface area contributed by atoms with Crippen LogP contribution in [-0.2, 0) is 13.5 Å². The van der Waals surface area contributed by atoms with Gasteiger partial charge in [0.25, 0.3) is 0 Å². The molecule has 0 spiro atoms. The lowest BCUT2D eigenvalue weighted by Crippen LogP contribution is -2.32. The van der Waals surface area contributed by atoms with Crippen LogP contribution in [0.3, 0.4) is 0 Å². The molecule has 2 aliphatic carbocycles. The van der Waals surface area contributed by atoms with E-state index in [4.69, 9.17) is 4.98 Å². The monoisotopic (exact) mass is 411 g/mol. The maximum Gasteiger partial charge on any atom is 0.214 e. The third kappa shape index (κ3) is 2.19. The highest BCUT2D eigenvalue weighted by Crippen LogP contribution is 2.48. The zero-order valence-corrected chi connectivity index (χ0v) is 18.5. The van der Waals surface area contributed by atoms with Crippen LogP contribution in [0, 0.1) is 13.8 Å². The zero-order chi connectivity index (χ0) is 21.6. The molecule has 0 bridgehead atoms. The van der Waals surface area contributed by atoms with Gasteiger partial charge in [-0.25, -0.2) is 0 Å². The highest BCUT2D eigenvalue weighted by molar-refractivity contribution is 6.14. The van der Waals surface area contributed by atoms with Crippen molar-refractivity contribution in [2.24, 2.45) is 7.05 Å². The molecule has 0 aliphatic heterocycles. The third-order valence-electron chi connectivity index (χ3n) is 7.35. The van der Waals surface area contributed by atoms with Gasteiger partial charge >= 0.3 is 0 Å². The van der Waals surface area contributed by atoms with Gasteiger partial charge in [0.15, 0.2) is 0 Å². The number of pyridine rings is 2. The second-order valence-electron chi connectivity index (χ2n) is 9.15. The van der Waals surface area contributed by atoms with Gasteiger partial charge in [0.05, 0.1) is 16.6 Å². The first-order valence-electron chi connectivity index (χ1n) is 11.3. The molecule has 32 heavy (non-hydrogen) atoms. The highest BCUT2D eigenvalue weighted by atomic mass is 14.9. The predicted octanol–water partition coefficient (Wildman–Crippen LogP) is 6.56. The van der Waals surface area contributed by atoms with Crippen LogP contribution < -0.4 is 4.57 Å². The molecule has 2 aromatic heterocycles. The van der Waals surface area contributed by atoms with Gasteiger partial charge in [-0.2, -0.15) is 4.57 Å². The van der Waals surface area contributed by atoms with E-state index in [2.05, 4.69) is 98.3 Å². The van der Waals surface area contributed by atoms with Crippen molar-refractivity contribution in [2.75, 3.05) is 0 Å². The fraction of sp³-hybridized carbons (Fsp3) is 0.133. The Balaban J connectivity index is 1.56. The van der Waals surface area contributed by atoms with Crippen molar-refractivity contribution in [1.29, 1.82) is 0 Å². The topological polar surface area (TPSA) is 16.8 Å². The molecule has 0 radical (unpaired) electrons. The minimum absolute atomic E-state index is 0.896. The fourth-order valence-corrected chi connectivity index (χ4v) is 5.88. The van der Waals surface area contributed by atoms with Gasteiger partial charge < -0.3 is 0 Å². The van der Waals surface area contributed by atoms with E-state index in [1.807, 2.05) is 0 Å². The maximum atomic E-state index is 4.87. The zero-order valence-electron chi connectivity index (χ0n) is 18.5. The second kappa shape index (κ2) is 6.14. The summed E-state index contributed by atoms with van der Waals surface area (Å²) in [4.78, 5) is 4.87. The molecule has 2 heterocycles. The summed E-state index contributed by atoms with van der Waals surface area (Å²) in [5, 5.41) is 1.37. The van der Waals surface area contributed by atoms with Crippen LogP contribution in [0.25, 0.3) is 55.5 Å². The van der Waals surface area contributed by atoms with Crippen molar-refractivity contribution in [3.05, 3.63) is 95.3 Å². The van der Waals surface area contributed by atoms with Crippen molar-refractivity contribution in [2.45, 2.75) is 20.3 Å². The first-order valence-corrected chi connectivity index (χ1v) is 11.3. The van der Waals surface area contributed by atoms with Gasteiger partial charge in [-0.15, -0.1) is 0 Å². The molecule has 0 saturated carbocycles. The van der Waals surface area contributed by atoms with Gasteiger partial charge in [-0.1, -0.05) is 54.6 Å². The molecular formula is C30H23N2+. The summed E-state index contributed by atoms with van der Waals surface area (Å²) in [5.74, 6) is 0. The average molecular weight is 412 g/mol. The van der Waals surface area contributed by atoms with Crippen LogP contribution in [0.4, 0.5) is 0 Å². The summed E-state index contributed by atoms with van der Waals surface area (Å²) in [6, 6.07) is 26.9. The molecule has 3 aromatic carbocycles. The van der Waals surface area contributed by atoms with E-state index < -0.39 is 0 Å². The number of aryl methyl sites for hydroxylation is 3. The van der Waals surface area contributed by atoms with Gasteiger partial charge in [0, 0.05) is 35.4 Å². The van der Waals surface area contributed by atoms with E-state index in [1.165, 1.54) is 72.4 Å². The Labute approximate surface area is 187 Å². The Morgan fingerprint density at radius 3 is 2.31 bits per heavy atom. The number of nitrogens with zero attached hydrogens (tertiary/aromatic N) is 2. The molecule has 0 amide bonds. The van der Waals surface area contributed by atoms with E-state index in [1.54, 1.807) is 0 Å². The van der Waals surface area contributed by atoms with Crippen LogP contribution in [-0.4, -0.2) is 4.98 Å². The van der Waals surface area contributed by atoms with Gasteiger partial charge in [-0.05, 0) is 53.3 Å². The summed E-state index contributed by atoms with van der Waals surface area (Å²) in [6.07, 6.45) is 0.896. The number of aromatic nitrogens is 2. The molecule has 2 aliphatic rings. The summed E-state index contributed by atoms with van der Waals surface area (Å²) in [6.45, 7) is 4.32. The smallest absolute Gasteiger partial charge is 0.214 e. The molecular weight excluding hydrogens is 388 g/mol. The Morgan fingerprint density at radius 1 is 0.719 bits per heavy atom. The van der Waals surface area contributed by atoms with E-state index in [-0.39, 0.29) is 0 Å². The molecule has 2 heteroatoms. The molecule has 0 saturated heterocycles. The predicted molar refractivity (Wildman–Crippen MR) is 131 cm³/mol. The molecule has 5 aromatic rings. The quantitative estimate of drug-likeness (QED) is 0.280. The third-order valence-corrected chi connectivity index (χ3v) is 7.35. The Bertz CT molecular complexity index is 1620. The summed E-state index contributed by atoms with van der Waals surface area (Å²) < 4.78 is 2.39. The normalized spacial score (nSPS) is 12.7. The van der Waals surface area contributed by atoms with Crippen molar-refractivity contribution >= 4 is 10.9 Å². The van der Waals surface area contributed by atoms with E-state index in [9.17, 15) is 0 Å². The number of benzene rings is 3. The first kappa shape index (κ1) is 17.9. The first-order chi connectivity index (χ1) is 15.6. The van der Waals surface area contributed by atoms with E-state index in [0.717, 1.165) is 12.1 Å². The molecule has 7 rings (SSSR count). The molecule has 0 atom stereocenters. The van der Waals surface area contributed by atoms with Crippen LogP contribution >= 0.6 is 0 Å². The van der Waals surface area contributed by atoms with Crippen LogP contribution in [0.2, 0.25) is 0 Å². The molecule has 0 fully saturated rings. The lowest BCUT2D eigenvalue weighted by Gasteiger charge is -2.13. The largest absolute Gasteiger partial charge is 0.257 e. The van der Waals surface area contributed by atoms with E-state index in [0.29, 0.717) is 0 Å². The fourth-order valence-electron chi connectivity index (χ4n) is 5.88. The minimum Gasteiger partial charge on any atom is -0.257 e. The van der Waals surface area contributed by atoms with Crippen molar-refractivity contribution in [3.63, 3.8) is 0 Å². The molecule has 2 nitrogen and oxygen atoms in total. The maximum absolute atomic E-state index is 4.87. The number of hydrogen-bond acceptors (Lipinski definition) is 1. The standard InChI is InChI=1S/C30H23N2/c1-17-11-13-21-22-14-12-18(2)31-26(22)15-24(21)29(17)28-16-25-20-8-5-4-7-19(20)23-9-6-10-27(30(23)25)32(28)3/h4-14,16H,15H2,1-3H3/q+1.